The number of nitrogens with two attached hydrogens (primary N) is 1. The van der Waals surface area contributed by atoms with Gasteiger partial charge in [-0.3, -0.25) is 0 Å². The van der Waals surface area contributed by atoms with E-state index < -0.39 is 5.60 Å². The molecule has 0 amide bonds. The molecule has 1 aliphatic rings. The van der Waals surface area contributed by atoms with Crippen LogP contribution in [0.3, 0.4) is 0 Å². The molecule has 3 N–H and O–H groups in total. The second-order valence-electron chi connectivity index (χ2n) is 5.35. The molecule has 1 rings (SSSR count). The van der Waals surface area contributed by atoms with Gasteiger partial charge in [-0.05, 0) is 45.6 Å². The van der Waals surface area contributed by atoms with Crippen molar-refractivity contribution in [1.29, 1.82) is 0 Å². The Hall–Kier alpha value is -0.120. The molecule has 3 heteroatoms. The first-order valence-corrected chi connectivity index (χ1v) is 6.15. The maximum absolute atomic E-state index is 10.0. The highest BCUT2D eigenvalue weighted by Gasteiger charge is 2.27. The van der Waals surface area contributed by atoms with E-state index in [0.29, 0.717) is 5.92 Å². The van der Waals surface area contributed by atoms with Crippen LogP contribution in [0.25, 0.3) is 0 Å². The zero-order valence-electron chi connectivity index (χ0n) is 10.4. The van der Waals surface area contributed by atoms with Gasteiger partial charge in [0.15, 0.2) is 0 Å². The van der Waals surface area contributed by atoms with E-state index in [2.05, 4.69) is 11.8 Å². The summed E-state index contributed by atoms with van der Waals surface area (Å²) < 4.78 is 0. The minimum absolute atomic E-state index is 0.277. The molecule has 0 aromatic carbocycles. The van der Waals surface area contributed by atoms with Crippen LogP contribution in [0.1, 0.15) is 40.0 Å². The minimum Gasteiger partial charge on any atom is -0.389 e. The lowest BCUT2D eigenvalue weighted by Crippen LogP contribution is -2.48. The summed E-state index contributed by atoms with van der Waals surface area (Å²) in [5, 5.41) is 10.0. The average Bonchev–Trinajstić information content (AvgIpc) is 2.17. The Labute approximate surface area is 93.6 Å². The largest absolute Gasteiger partial charge is 0.389 e. The van der Waals surface area contributed by atoms with E-state index in [1.54, 1.807) is 0 Å². The highest BCUT2D eigenvalue weighted by atomic mass is 16.3. The standard InChI is InChI=1S/C12H26N2O/c1-4-12(3,15)9-14-7-5-6-11(8-14)10(2)13/h10-11,15H,4-9,13H2,1-3H3. The number of hydrogen-bond donors (Lipinski definition) is 2. The first-order chi connectivity index (χ1) is 6.94. The molecular weight excluding hydrogens is 188 g/mol. The Balaban J connectivity index is 2.43. The number of nitrogens with zero attached hydrogens (tertiary/aromatic N) is 1. The van der Waals surface area contributed by atoms with Crippen molar-refractivity contribution in [2.24, 2.45) is 11.7 Å². The average molecular weight is 214 g/mol. The van der Waals surface area contributed by atoms with Crippen molar-refractivity contribution in [3.63, 3.8) is 0 Å². The van der Waals surface area contributed by atoms with Crippen molar-refractivity contribution < 1.29 is 5.11 Å². The molecule has 0 saturated carbocycles. The third kappa shape index (κ3) is 4.09. The van der Waals surface area contributed by atoms with Gasteiger partial charge in [0, 0.05) is 19.1 Å². The Morgan fingerprint density at radius 2 is 2.27 bits per heavy atom. The Bertz CT molecular complexity index is 192. The summed E-state index contributed by atoms with van der Waals surface area (Å²) >= 11 is 0. The molecule has 0 aliphatic carbocycles. The van der Waals surface area contributed by atoms with E-state index in [9.17, 15) is 5.11 Å². The summed E-state index contributed by atoms with van der Waals surface area (Å²) in [6.07, 6.45) is 3.26. The lowest BCUT2D eigenvalue weighted by Gasteiger charge is -2.38. The van der Waals surface area contributed by atoms with Gasteiger partial charge in [-0.2, -0.15) is 0 Å². The van der Waals surface area contributed by atoms with Gasteiger partial charge in [0.25, 0.3) is 0 Å². The molecule has 15 heavy (non-hydrogen) atoms. The molecule has 0 aromatic rings. The molecule has 0 bridgehead atoms. The van der Waals surface area contributed by atoms with E-state index in [1.165, 1.54) is 12.8 Å². The number of β-amino-alcohol motifs (C(OH)–C–C–N with tert-alkyl or cyclic N) is 1. The molecule has 0 radical (unpaired) electrons. The fourth-order valence-electron chi connectivity index (χ4n) is 2.26. The maximum atomic E-state index is 10.0. The zero-order valence-corrected chi connectivity index (χ0v) is 10.4. The Morgan fingerprint density at radius 3 is 2.80 bits per heavy atom. The lowest BCUT2D eigenvalue weighted by molar-refractivity contribution is 0.00264. The van der Waals surface area contributed by atoms with Gasteiger partial charge in [-0.1, -0.05) is 6.92 Å². The van der Waals surface area contributed by atoms with E-state index in [1.807, 2.05) is 13.8 Å². The molecule has 1 fully saturated rings. The van der Waals surface area contributed by atoms with Crippen LogP contribution >= 0.6 is 0 Å². The van der Waals surface area contributed by atoms with Crippen LogP contribution in [0, 0.1) is 5.92 Å². The maximum Gasteiger partial charge on any atom is 0.0743 e. The molecule has 0 spiro atoms. The van der Waals surface area contributed by atoms with Gasteiger partial charge in [-0.15, -0.1) is 0 Å². The second kappa shape index (κ2) is 5.28. The van der Waals surface area contributed by atoms with Gasteiger partial charge in [0.2, 0.25) is 0 Å². The summed E-state index contributed by atoms with van der Waals surface area (Å²) in [5.41, 5.74) is 5.39. The van der Waals surface area contributed by atoms with Gasteiger partial charge < -0.3 is 15.7 Å². The van der Waals surface area contributed by atoms with E-state index >= 15 is 0 Å². The van der Waals surface area contributed by atoms with E-state index in [4.69, 9.17) is 5.73 Å². The smallest absolute Gasteiger partial charge is 0.0743 e. The first-order valence-electron chi connectivity index (χ1n) is 6.15. The van der Waals surface area contributed by atoms with Crippen LogP contribution in [0.2, 0.25) is 0 Å². The van der Waals surface area contributed by atoms with Crippen LogP contribution in [-0.4, -0.2) is 41.3 Å². The number of hydrogen-bond acceptors (Lipinski definition) is 3. The lowest BCUT2D eigenvalue weighted by atomic mass is 9.91. The van der Waals surface area contributed by atoms with Crippen LogP contribution in [0.5, 0.6) is 0 Å². The number of rotatable bonds is 4. The molecular formula is C12H26N2O. The van der Waals surface area contributed by atoms with Crippen molar-refractivity contribution >= 4 is 0 Å². The summed E-state index contributed by atoms with van der Waals surface area (Å²) in [4.78, 5) is 2.36. The number of piperidine rings is 1. The van der Waals surface area contributed by atoms with E-state index in [0.717, 1.165) is 26.1 Å². The van der Waals surface area contributed by atoms with Crippen molar-refractivity contribution in [3.05, 3.63) is 0 Å². The second-order valence-corrected chi connectivity index (χ2v) is 5.35. The van der Waals surface area contributed by atoms with Crippen LogP contribution in [0.4, 0.5) is 0 Å². The molecule has 3 atom stereocenters. The van der Waals surface area contributed by atoms with Crippen LogP contribution in [-0.2, 0) is 0 Å². The molecule has 1 saturated heterocycles. The fraction of sp³-hybridized carbons (Fsp3) is 1.00. The summed E-state index contributed by atoms with van der Waals surface area (Å²) in [7, 11) is 0. The predicted molar refractivity (Wildman–Crippen MR) is 63.7 cm³/mol. The predicted octanol–water partition coefficient (Wildman–Crippen LogP) is 1.21. The first kappa shape index (κ1) is 12.9. The van der Waals surface area contributed by atoms with Crippen molar-refractivity contribution in [1.82, 2.24) is 4.90 Å². The monoisotopic (exact) mass is 214 g/mol. The van der Waals surface area contributed by atoms with Crippen molar-refractivity contribution in [3.8, 4) is 0 Å². The quantitative estimate of drug-likeness (QED) is 0.739. The normalized spacial score (nSPS) is 29.8. The Kier molecular flexibility index (Phi) is 4.56. The van der Waals surface area contributed by atoms with Crippen molar-refractivity contribution in [2.75, 3.05) is 19.6 Å². The molecule has 1 heterocycles. The third-order valence-electron chi connectivity index (χ3n) is 3.61. The third-order valence-corrected chi connectivity index (χ3v) is 3.61. The van der Waals surface area contributed by atoms with Crippen LogP contribution in [0.15, 0.2) is 0 Å². The van der Waals surface area contributed by atoms with Crippen molar-refractivity contribution in [2.45, 2.75) is 51.7 Å². The Morgan fingerprint density at radius 1 is 1.60 bits per heavy atom. The topological polar surface area (TPSA) is 49.5 Å². The van der Waals surface area contributed by atoms with E-state index in [-0.39, 0.29) is 6.04 Å². The zero-order chi connectivity index (χ0) is 11.5. The minimum atomic E-state index is -0.542. The summed E-state index contributed by atoms with van der Waals surface area (Å²) in [6.45, 7) is 8.99. The van der Waals surface area contributed by atoms with Gasteiger partial charge in [0.05, 0.1) is 5.60 Å². The molecule has 1 aliphatic heterocycles. The molecule has 3 unspecified atom stereocenters. The van der Waals surface area contributed by atoms with Gasteiger partial charge in [0.1, 0.15) is 0 Å². The summed E-state index contributed by atoms with van der Waals surface area (Å²) in [6, 6.07) is 0.277. The van der Waals surface area contributed by atoms with Gasteiger partial charge >= 0.3 is 0 Å². The highest BCUT2D eigenvalue weighted by Crippen LogP contribution is 2.21. The summed E-state index contributed by atoms with van der Waals surface area (Å²) in [5.74, 6) is 0.603. The number of likely N-dealkylation sites (tertiary alicyclic amines) is 1. The SMILES string of the molecule is CCC(C)(O)CN1CCCC(C(C)N)C1. The van der Waals surface area contributed by atoms with Crippen LogP contribution < -0.4 is 5.73 Å². The molecule has 90 valence electrons. The molecule has 3 nitrogen and oxygen atoms in total. The fourth-order valence-corrected chi connectivity index (χ4v) is 2.26. The number of aliphatic hydroxyl groups is 1. The molecule has 0 aromatic heterocycles. The highest BCUT2D eigenvalue weighted by molar-refractivity contribution is 4.83. The van der Waals surface area contributed by atoms with Gasteiger partial charge in [-0.25, -0.2) is 0 Å².